The second kappa shape index (κ2) is 6.27. The van der Waals surface area contributed by atoms with Crippen LogP contribution >= 0.6 is 0 Å². The molecule has 2 heterocycles. The van der Waals surface area contributed by atoms with Crippen LogP contribution in [-0.2, 0) is 16.0 Å². The number of aryl methyl sites for hydroxylation is 1. The summed E-state index contributed by atoms with van der Waals surface area (Å²) in [7, 11) is 0. The lowest BCUT2D eigenvalue weighted by Gasteiger charge is -2.33. The maximum Gasteiger partial charge on any atom is 0.230 e. The molecule has 1 aliphatic heterocycles. The van der Waals surface area contributed by atoms with Gasteiger partial charge in [-0.15, -0.1) is 0 Å². The summed E-state index contributed by atoms with van der Waals surface area (Å²) in [5.41, 5.74) is 1.63. The fourth-order valence-electron chi connectivity index (χ4n) is 2.52. The Labute approximate surface area is 127 Å². The van der Waals surface area contributed by atoms with E-state index in [1.807, 2.05) is 6.92 Å². The zero-order valence-electron chi connectivity index (χ0n) is 12.3. The van der Waals surface area contributed by atoms with Crippen LogP contribution in [0.4, 0.5) is 4.39 Å². The van der Waals surface area contributed by atoms with Gasteiger partial charge in [-0.2, -0.15) is 0 Å². The normalized spacial score (nSPS) is 18.5. The van der Waals surface area contributed by atoms with E-state index in [0.29, 0.717) is 25.5 Å². The van der Waals surface area contributed by atoms with Gasteiger partial charge in [0.1, 0.15) is 17.7 Å². The number of ether oxygens (including phenoxy) is 1. The Hall–Kier alpha value is -2.21. The van der Waals surface area contributed by atoms with Crippen molar-refractivity contribution in [2.45, 2.75) is 19.4 Å². The Morgan fingerprint density at radius 3 is 2.86 bits per heavy atom. The number of benzene rings is 1. The highest BCUT2D eigenvalue weighted by Crippen LogP contribution is 2.23. The minimum Gasteiger partial charge on any atom is -0.370 e. The van der Waals surface area contributed by atoms with Gasteiger partial charge in [0.25, 0.3) is 0 Å². The average molecular weight is 304 g/mol. The van der Waals surface area contributed by atoms with Gasteiger partial charge >= 0.3 is 0 Å². The smallest absolute Gasteiger partial charge is 0.230 e. The summed E-state index contributed by atoms with van der Waals surface area (Å²) < 4.78 is 23.7. The third-order valence-electron chi connectivity index (χ3n) is 3.66. The second-order valence-electron chi connectivity index (χ2n) is 5.36. The molecule has 1 amide bonds. The molecule has 1 fully saturated rings. The third-order valence-corrected chi connectivity index (χ3v) is 3.66. The SMILES string of the molecule is Cc1cc(CC(=O)N2CCO[C@H](c3ccc(F)cc3)C2)on1. The predicted molar refractivity (Wildman–Crippen MR) is 76.6 cm³/mol. The number of carbonyl (C=O) groups excluding carboxylic acids is 1. The van der Waals surface area contributed by atoms with Crippen molar-refractivity contribution in [1.29, 1.82) is 0 Å². The van der Waals surface area contributed by atoms with E-state index in [1.54, 1.807) is 23.1 Å². The fraction of sp³-hybridized carbons (Fsp3) is 0.375. The van der Waals surface area contributed by atoms with E-state index in [0.717, 1.165) is 11.3 Å². The Kier molecular flexibility index (Phi) is 4.20. The molecule has 1 aromatic carbocycles. The molecule has 0 unspecified atom stereocenters. The molecular weight excluding hydrogens is 287 g/mol. The van der Waals surface area contributed by atoms with Crippen LogP contribution in [0.2, 0.25) is 0 Å². The van der Waals surface area contributed by atoms with Crippen LogP contribution in [0, 0.1) is 12.7 Å². The zero-order chi connectivity index (χ0) is 15.5. The average Bonchev–Trinajstić information content (AvgIpc) is 2.93. The van der Waals surface area contributed by atoms with Crippen LogP contribution in [0.25, 0.3) is 0 Å². The molecule has 0 spiro atoms. The first-order valence-corrected chi connectivity index (χ1v) is 7.19. The largest absolute Gasteiger partial charge is 0.370 e. The van der Waals surface area contributed by atoms with Crippen LogP contribution in [0.3, 0.4) is 0 Å². The monoisotopic (exact) mass is 304 g/mol. The molecule has 1 saturated heterocycles. The molecular formula is C16H17FN2O3. The van der Waals surface area contributed by atoms with Gasteiger partial charge in [-0.25, -0.2) is 4.39 Å². The lowest BCUT2D eigenvalue weighted by molar-refractivity contribution is -0.138. The van der Waals surface area contributed by atoms with Crippen molar-refractivity contribution in [2.24, 2.45) is 0 Å². The Morgan fingerprint density at radius 1 is 1.41 bits per heavy atom. The zero-order valence-corrected chi connectivity index (χ0v) is 12.3. The maximum atomic E-state index is 13.0. The summed E-state index contributed by atoms with van der Waals surface area (Å²) in [5, 5.41) is 3.78. The minimum absolute atomic E-state index is 0.0217. The van der Waals surface area contributed by atoms with Crippen molar-refractivity contribution >= 4 is 5.91 Å². The van der Waals surface area contributed by atoms with Gasteiger partial charge in [0, 0.05) is 12.6 Å². The van der Waals surface area contributed by atoms with E-state index in [9.17, 15) is 9.18 Å². The first kappa shape index (κ1) is 14.7. The molecule has 1 aromatic heterocycles. The summed E-state index contributed by atoms with van der Waals surface area (Å²) >= 11 is 0. The number of morpholine rings is 1. The van der Waals surface area contributed by atoms with Gasteiger partial charge in [0.2, 0.25) is 5.91 Å². The van der Waals surface area contributed by atoms with Crippen LogP contribution in [0.1, 0.15) is 23.1 Å². The lowest BCUT2D eigenvalue weighted by atomic mass is 10.1. The van der Waals surface area contributed by atoms with E-state index in [1.165, 1.54) is 12.1 Å². The van der Waals surface area contributed by atoms with Crippen LogP contribution < -0.4 is 0 Å². The van der Waals surface area contributed by atoms with Gasteiger partial charge in [-0.05, 0) is 24.6 Å². The Bertz CT molecular complexity index is 654. The highest BCUT2D eigenvalue weighted by Gasteiger charge is 2.26. The van der Waals surface area contributed by atoms with Gasteiger partial charge < -0.3 is 14.2 Å². The summed E-state index contributed by atoms with van der Waals surface area (Å²) in [4.78, 5) is 14.1. The first-order chi connectivity index (χ1) is 10.6. The molecule has 0 aliphatic carbocycles. The standard InChI is InChI=1S/C16H17FN2O3/c1-11-8-14(22-18-11)9-16(20)19-6-7-21-15(10-19)12-2-4-13(17)5-3-12/h2-5,8,15H,6-7,9-10H2,1H3/t15-/m0/s1. The van der Waals surface area contributed by atoms with Crippen LogP contribution in [0.15, 0.2) is 34.9 Å². The molecule has 22 heavy (non-hydrogen) atoms. The molecule has 0 bridgehead atoms. The van der Waals surface area contributed by atoms with E-state index in [2.05, 4.69) is 5.16 Å². The maximum absolute atomic E-state index is 13.0. The number of hydrogen-bond donors (Lipinski definition) is 0. The molecule has 1 aliphatic rings. The Balaban J connectivity index is 1.64. The number of rotatable bonds is 3. The molecule has 0 saturated carbocycles. The molecule has 116 valence electrons. The van der Waals surface area contributed by atoms with Crippen molar-refractivity contribution in [3.63, 3.8) is 0 Å². The quantitative estimate of drug-likeness (QED) is 0.873. The second-order valence-corrected chi connectivity index (χ2v) is 5.36. The predicted octanol–water partition coefficient (Wildman–Crippen LogP) is 2.26. The highest BCUT2D eigenvalue weighted by molar-refractivity contribution is 5.78. The molecule has 0 radical (unpaired) electrons. The molecule has 5 nitrogen and oxygen atoms in total. The summed E-state index contributed by atoms with van der Waals surface area (Å²) in [6, 6.07) is 7.94. The molecule has 2 aromatic rings. The van der Waals surface area contributed by atoms with Crippen molar-refractivity contribution in [3.8, 4) is 0 Å². The summed E-state index contributed by atoms with van der Waals surface area (Å²) in [6.07, 6.45) is -0.0356. The van der Waals surface area contributed by atoms with E-state index >= 15 is 0 Å². The van der Waals surface area contributed by atoms with Crippen LogP contribution in [-0.4, -0.2) is 35.7 Å². The fourth-order valence-corrected chi connectivity index (χ4v) is 2.52. The van der Waals surface area contributed by atoms with Gasteiger partial charge in [0.05, 0.1) is 25.3 Å². The van der Waals surface area contributed by atoms with Crippen LogP contribution in [0.5, 0.6) is 0 Å². The summed E-state index contributed by atoms with van der Waals surface area (Å²) in [5.74, 6) is 0.257. The highest BCUT2D eigenvalue weighted by atomic mass is 19.1. The van der Waals surface area contributed by atoms with E-state index in [4.69, 9.17) is 9.26 Å². The Morgan fingerprint density at radius 2 is 2.18 bits per heavy atom. The van der Waals surface area contributed by atoms with Crippen molar-refractivity contribution < 1.29 is 18.4 Å². The van der Waals surface area contributed by atoms with Gasteiger partial charge in [-0.3, -0.25) is 4.79 Å². The number of nitrogens with zero attached hydrogens (tertiary/aromatic N) is 2. The van der Waals surface area contributed by atoms with Gasteiger partial charge in [-0.1, -0.05) is 17.3 Å². The molecule has 3 rings (SSSR count). The molecule has 6 heteroatoms. The minimum atomic E-state index is -0.284. The number of aromatic nitrogens is 1. The third kappa shape index (κ3) is 3.33. The number of halogens is 1. The molecule has 1 atom stereocenters. The first-order valence-electron chi connectivity index (χ1n) is 7.19. The van der Waals surface area contributed by atoms with Crippen molar-refractivity contribution in [3.05, 3.63) is 53.2 Å². The van der Waals surface area contributed by atoms with Crippen molar-refractivity contribution in [1.82, 2.24) is 10.1 Å². The van der Waals surface area contributed by atoms with Gasteiger partial charge in [0.15, 0.2) is 0 Å². The molecule has 0 N–H and O–H groups in total. The number of amides is 1. The van der Waals surface area contributed by atoms with E-state index < -0.39 is 0 Å². The summed E-state index contributed by atoms with van der Waals surface area (Å²) in [6.45, 7) is 3.28. The number of carbonyl (C=O) groups is 1. The topological polar surface area (TPSA) is 55.6 Å². The van der Waals surface area contributed by atoms with Crippen molar-refractivity contribution in [2.75, 3.05) is 19.7 Å². The lowest BCUT2D eigenvalue weighted by Crippen LogP contribution is -2.42. The van der Waals surface area contributed by atoms with E-state index in [-0.39, 0.29) is 24.2 Å². The number of hydrogen-bond acceptors (Lipinski definition) is 4.